The molecule has 2 rings (SSSR count). The molecule has 0 aliphatic carbocycles. The third-order valence-electron chi connectivity index (χ3n) is 2.78. The van der Waals surface area contributed by atoms with Gasteiger partial charge in [0, 0.05) is 18.1 Å². The largest absolute Gasteiger partial charge is 0.462 e. The summed E-state index contributed by atoms with van der Waals surface area (Å²) in [5.41, 5.74) is 5.77. The molecule has 1 heterocycles. The van der Waals surface area contributed by atoms with Crippen LogP contribution in [0.5, 0.6) is 0 Å². The molecular formula is C14H13ClFN3O3. The molecule has 0 saturated carbocycles. The van der Waals surface area contributed by atoms with Crippen molar-refractivity contribution in [3.8, 4) is 5.69 Å². The summed E-state index contributed by atoms with van der Waals surface area (Å²) in [5, 5.41) is 2.31. The third kappa shape index (κ3) is 3.37. The molecule has 1 aromatic heterocycles. The maximum atomic E-state index is 13.5. The number of nitrogens with one attached hydrogen (secondary N) is 1. The van der Waals surface area contributed by atoms with Crippen molar-refractivity contribution in [2.75, 3.05) is 11.9 Å². The van der Waals surface area contributed by atoms with Gasteiger partial charge in [-0.1, -0.05) is 11.6 Å². The van der Waals surface area contributed by atoms with E-state index in [0.29, 0.717) is 5.69 Å². The molecular weight excluding hydrogens is 313 g/mol. The van der Waals surface area contributed by atoms with Crippen LogP contribution in [0.15, 0.2) is 30.6 Å². The van der Waals surface area contributed by atoms with Crippen LogP contribution in [0.25, 0.3) is 5.69 Å². The first-order valence-corrected chi connectivity index (χ1v) is 6.71. The van der Waals surface area contributed by atoms with Gasteiger partial charge in [0.05, 0.1) is 17.3 Å². The van der Waals surface area contributed by atoms with Crippen molar-refractivity contribution in [2.24, 2.45) is 5.73 Å². The first-order valence-electron chi connectivity index (χ1n) is 6.33. The van der Waals surface area contributed by atoms with Crippen LogP contribution in [0, 0.1) is 5.82 Å². The molecule has 6 nitrogen and oxygen atoms in total. The van der Waals surface area contributed by atoms with Gasteiger partial charge in [0.2, 0.25) is 0 Å². The highest BCUT2D eigenvalue weighted by Gasteiger charge is 2.18. The molecule has 0 unspecified atom stereocenters. The normalized spacial score (nSPS) is 10.3. The Bertz CT molecular complexity index is 730. The van der Waals surface area contributed by atoms with Crippen molar-refractivity contribution < 1.29 is 18.7 Å². The van der Waals surface area contributed by atoms with Crippen molar-refractivity contribution >= 4 is 29.3 Å². The smallest absolute Gasteiger partial charge is 0.341 e. The summed E-state index contributed by atoms with van der Waals surface area (Å²) >= 11 is 5.63. The van der Waals surface area contributed by atoms with Gasteiger partial charge in [-0.25, -0.2) is 14.0 Å². The van der Waals surface area contributed by atoms with E-state index < -0.39 is 17.8 Å². The van der Waals surface area contributed by atoms with E-state index in [1.165, 1.54) is 29.1 Å². The number of hydrogen-bond acceptors (Lipinski definition) is 3. The Morgan fingerprint density at radius 3 is 2.73 bits per heavy atom. The fraction of sp³-hybridized carbons (Fsp3) is 0.143. The van der Waals surface area contributed by atoms with Crippen LogP contribution < -0.4 is 11.1 Å². The summed E-state index contributed by atoms with van der Waals surface area (Å²) in [6, 6.07) is 3.32. The predicted octanol–water partition coefficient (Wildman–Crippen LogP) is 2.94. The molecule has 0 bridgehead atoms. The minimum absolute atomic E-state index is 0.0167. The van der Waals surface area contributed by atoms with Gasteiger partial charge in [0.25, 0.3) is 0 Å². The van der Waals surface area contributed by atoms with Gasteiger partial charge in [-0.3, -0.25) is 0 Å². The van der Waals surface area contributed by atoms with Gasteiger partial charge in [-0.15, -0.1) is 0 Å². The third-order valence-corrected chi connectivity index (χ3v) is 3.09. The van der Waals surface area contributed by atoms with Crippen LogP contribution in [-0.2, 0) is 4.74 Å². The van der Waals surface area contributed by atoms with Crippen molar-refractivity contribution in [1.82, 2.24) is 4.57 Å². The number of halogens is 2. The molecule has 22 heavy (non-hydrogen) atoms. The molecule has 0 aliphatic heterocycles. The molecule has 3 N–H and O–H groups in total. The Kier molecular flexibility index (Phi) is 4.67. The van der Waals surface area contributed by atoms with E-state index in [2.05, 4.69) is 5.32 Å². The number of carbonyl (C=O) groups excluding carboxylic acids is 2. The number of esters is 1. The Morgan fingerprint density at radius 2 is 2.14 bits per heavy atom. The minimum atomic E-state index is -0.828. The van der Waals surface area contributed by atoms with Crippen LogP contribution >= 0.6 is 11.6 Å². The number of primary amides is 1. The van der Waals surface area contributed by atoms with E-state index in [1.807, 2.05) is 0 Å². The van der Waals surface area contributed by atoms with E-state index in [1.54, 1.807) is 13.0 Å². The zero-order valence-corrected chi connectivity index (χ0v) is 12.4. The van der Waals surface area contributed by atoms with Crippen LogP contribution in [0.2, 0.25) is 5.02 Å². The number of aromatic nitrogens is 1. The topological polar surface area (TPSA) is 86.3 Å². The molecule has 0 saturated heterocycles. The number of hydrogen-bond donors (Lipinski definition) is 2. The van der Waals surface area contributed by atoms with Crippen molar-refractivity contribution in [1.29, 1.82) is 0 Å². The average Bonchev–Trinajstić information content (AvgIpc) is 2.85. The fourth-order valence-corrected chi connectivity index (χ4v) is 1.97. The van der Waals surface area contributed by atoms with Gasteiger partial charge < -0.3 is 20.4 Å². The number of anilines is 1. The Balaban J connectivity index is 2.46. The van der Waals surface area contributed by atoms with Crippen molar-refractivity contribution in [3.63, 3.8) is 0 Å². The highest BCUT2D eigenvalue weighted by molar-refractivity contribution is 6.30. The lowest BCUT2D eigenvalue weighted by Crippen LogP contribution is -2.20. The summed E-state index contributed by atoms with van der Waals surface area (Å²) in [4.78, 5) is 22.9. The molecule has 2 aromatic rings. The Labute approximate surface area is 130 Å². The lowest BCUT2D eigenvalue weighted by molar-refractivity contribution is 0.0527. The van der Waals surface area contributed by atoms with Gasteiger partial charge in [-0.05, 0) is 25.1 Å². The van der Waals surface area contributed by atoms with E-state index in [9.17, 15) is 14.0 Å². The lowest BCUT2D eigenvalue weighted by atomic mass is 10.3. The lowest BCUT2D eigenvalue weighted by Gasteiger charge is -2.03. The second kappa shape index (κ2) is 6.48. The van der Waals surface area contributed by atoms with E-state index in [0.717, 1.165) is 0 Å². The zero-order chi connectivity index (χ0) is 16.3. The van der Waals surface area contributed by atoms with E-state index in [4.69, 9.17) is 22.1 Å². The van der Waals surface area contributed by atoms with Gasteiger partial charge in [-0.2, -0.15) is 0 Å². The second-order valence-corrected chi connectivity index (χ2v) is 4.71. The maximum Gasteiger partial charge on any atom is 0.341 e. The van der Waals surface area contributed by atoms with Crippen LogP contribution in [0.3, 0.4) is 0 Å². The summed E-state index contributed by atoms with van der Waals surface area (Å²) in [7, 11) is 0. The summed E-state index contributed by atoms with van der Waals surface area (Å²) in [6.45, 7) is 1.83. The Morgan fingerprint density at radius 1 is 1.41 bits per heavy atom. The van der Waals surface area contributed by atoms with Gasteiger partial charge in [0.1, 0.15) is 11.4 Å². The summed E-state index contributed by atoms with van der Waals surface area (Å²) < 4.78 is 19.9. The fourth-order valence-electron chi connectivity index (χ4n) is 1.85. The summed E-state index contributed by atoms with van der Waals surface area (Å²) in [6.07, 6.45) is 2.84. The van der Waals surface area contributed by atoms with Crippen LogP contribution in [-0.4, -0.2) is 23.2 Å². The number of nitrogens with two attached hydrogens (primary N) is 1. The highest BCUT2D eigenvalue weighted by atomic mass is 35.5. The molecule has 0 fully saturated rings. The first-order chi connectivity index (χ1) is 10.4. The highest BCUT2D eigenvalue weighted by Crippen LogP contribution is 2.24. The van der Waals surface area contributed by atoms with Crippen molar-refractivity contribution in [3.05, 3.63) is 47.0 Å². The maximum absolute atomic E-state index is 13.5. The number of benzene rings is 1. The quantitative estimate of drug-likeness (QED) is 0.847. The SMILES string of the molecule is CCOC(=O)c1cn(-c2ccc(Cl)c(F)c2)cc1NC(N)=O. The van der Waals surface area contributed by atoms with Crippen molar-refractivity contribution in [2.45, 2.75) is 6.92 Å². The molecule has 1 aromatic carbocycles. The molecule has 8 heteroatoms. The monoisotopic (exact) mass is 325 g/mol. The molecule has 0 aliphatic rings. The number of rotatable bonds is 4. The first kappa shape index (κ1) is 15.8. The number of amides is 2. The van der Waals surface area contributed by atoms with E-state index in [-0.39, 0.29) is 22.9 Å². The van der Waals surface area contributed by atoms with Gasteiger partial charge in [0.15, 0.2) is 0 Å². The number of urea groups is 1. The number of carbonyl (C=O) groups is 2. The Hall–Kier alpha value is -2.54. The van der Waals surface area contributed by atoms with Crippen LogP contribution in [0.1, 0.15) is 17.3 Å². The molecule has 0 radical (unpaired) electrons. The number of nitrogens with zero attached hydrogens (tertiary/aromatic N) is 1. The molecule has 2 amide bonds. The average molecular weight is 326 g/mol. The number of ether oxygens (including phenoxy) is 1. The van der Waals surface area contributed by atoms with Crippen LogP contribution in [0.4, 0.5) is 14.9 Å². The van der Waals surface area contributed by atoms with E-state index >= 15 is 0 Å². The second-order valence-electron chi connectivity index (χ2n) is 4.30. The zero-order valence-electron chi connectivity index (χ0n) is 11.6. The summed E-state index contributed by atoms with van der Waals surface area (Å²) in [5.74, 6) is -1.23. The molecule has 0 spiro atoms. The van der Waals surface area contributed by atoms with Gasteiger partial charge >= 0.3 is 12.0 Å². The predicted molar refractivity (Wildman–Crippen MR) is 79.9 cm³/mol. The molecule has 0 atom stereocenters. The minimum Gasteiger partial charge on any atom is -0.462 e. The standard InChI is InChI=1S/C14H13ClFN3O3/c1-2-22-13(20)9-6-19(7-12(9)18-14(17)21)8-3-4-10(15)11(16)5-8/h3-7H,2H2,1H3,(H3,17,18,21). The molecule has 116 valence electrons.